The molecule has 0 heterocycles. The second-order valence-electron chi connectivity index (χ2n) is 6.20. The molecule has 2 aromatic carbocycles. The molecular weight excluding hydrogens is 330 g/mol. The van der Waals surface area contributed by atoms with Crippen LogP contribution in [-0.4, -0.2) is 40.8 Å². The molecule has 136 valence electrons. The Bertz CT molecular complexity index is 842. The van der Waals surface area contributed by atoms with Gasteiger partial charge in [0.1, 0.15) is 0 Å². The minimum atomic E-state index is -0.962. The van der Waals surface area contributed by atoms with Crippen molar-refractivity contribution < 1.29 is 19.5 Å². The molecule has 1 N–H and O–H groups in total. The highest BCUT2D eigenvalue weighted by Gasteiger charge is 2.22. The van der Waals surface area contributed by atoms with E-state index in [1.54, 1.807) is 37.3 Å². The van der Waals surface area contributed by atoms with Gasteiger partial charge in [0, 0.05) is 24.2 Å². The number of amides is 1. The molecule has 0 saturated carbocycles. The van der Waals surface area contributed by atoms with Crippen molar-refractivity contribution in [2.45, 2.75) is 27.2 Å². The number of hydrogen-bond acceptors (Lipinski definition) is 3. The summed E-state index contributed by atoms with van der Waals surface area (Å²) >= 11 is 0. The molecule has 2 rings (SSSR count). The highest BCUT2D eigenvalue weighted by Crippen LogP contribution is 2.19. The number of carboxylic acids is 1. The Balaban J connectivity index is 2.37. The van der Waals surface area contributed by atoms with E-state index < -0.39 is 5.97 Å². The first-order valence-electron chi connectivity index (χ1n) is 8.57. The van der Waals surface area contributed by atoms with Gasteiger partial charge in [-0.1, -0.05) is 30.3 Å². The van der Waals surface area contributed by atoms with Crippen LogP contribution in [0.1, 0.15) is 50.8 Å². The third-order valence-corrected chi connectivity index (χ3v) is 4.44. The molecule has 0 aliphatic heterocycles. The molecule has 0 aliphatic rings. The zero-order valence-electron chi connectivity index (χ0n) is 15.3. The number of aliphatic carboxylic acids is 1. The highest BCUT2D eigenvalue weighted by atomic mass is 16.4. The topological polar surface area (TPSA) is 74.7 Å². The Kier molecular flexibility index (Phi) is 6.28. The third kappa shape index (κ3) is 4.36. The van der Waals surface area contributed by atoms with E-state index >= 15 is 0 Å². The maximum absolute atomic E-state index is 12.9. The number of carbonyl (C=O) groups is 3. The molecular formula is C21H23NO4. The quantitative estimate of drug-likeness (QED) is 0.774. The van der Waals surface area contributed by atoms with Gasteiger partial charge in [-0.15, -0.1) is 0 Å². The smallest absolute Gasteiger partial charge is 0.305 e. The first kappa shape index (κ1) is 19.4. The lowest BCUT2D eigenvalue weighted by Gasteiger charge is -2.21. The maximum atomic E-state index is 12.9. The van der Waals surface area contributed by atoms with Crippen LogP contribution in [0.3, 0.4) is 0 Å². The normalized spacial score (nSPS) is 10.4. The summed E-state index contributed by atoms with van der Waals surface area (Å²) in [5.41, 5.74) is 3.26. The van der Waals surface area contributed by atoms with Crippen LogP contribution in [-0.2, 0) is 4.79 Å². The summed E-state index contributed by atoms with van der Waals surface area (Å²) in [5, 5.41) is 8.86. The zero-order valence-corrected chi connectivity index (χ0v) is 15.3. The van der Waals surface area contributed by atoms with E-state index in [4.69, 9.17) is 5.11 Å². The van der Waals surface area contributed by atoms with Gasteiger partial charge in [-0.3, -0.25) is 14.4 Å². The number of hydrogen-bond donors (Lipinski definition) is 1. The van der Waals surface area contributed by atoms with Gasteiger partial charge in [-0.25, -0.2) is 0 Å². The molecule has 1 amide bonds. The average molecular weight is 353 g/mol. The molecule has 0 aromatic heterocycles. The molecule has 5 nitrogen and oxygen atoms in total. The van der Waals surface area contributed by atoms with Crippen LogP contribution in [0.5, 0.6) is 0 Å². The number of benzene rings is 2. The van der Waals surface area contributed by atoms with E-state index in [2.05, 4.69) is 0 Å². The molecule has 0 aliphatic carbocycles. The zero-order chi connectivity index (χ0) is 19.3. The van der Waals surface area contributed by atoms with Gasteiger partial charge in [0.15, 0.2) is 5.78 Å². The van der Waals surface area contributed by atoms with Crippen LogP contribution in [0.15, 0.2) is 42.5 Å². The summed E-state index contributed by atoms with van der Waals surface area (Å²) in [6, 6.07) is 12.1. The summed E-state index contributed by atoms with van der Waals surface area (Å²) in [4.78, 5) is 38.0. The minimum absolute atomic E-state index is 0.108. The van der Waals surface area contributed by atoms with E-state index in [0.29, 0.717) is 23.2 Å². The summed E-state index contributed by atoms with van der Waals surface area (Å²) in [7, 11) is 0. The molecule has 5 heteroatoms. The molecule has 0 bridgehead atoms. The number of ketones is 1. The third-order valence-electron chi connectivity index (χ3n) is 4.44. The van der Waals surface area contributed by atoms with Crippen LogP contribution in [0.2, 0.25) is 0 Å². The summed E-state index contributed by atoms with van der Waals surface area (Å²) in [6.45, 7) is 6.18. The highest BCUT2D eigenvalue weighted by molar-refractivity contribution is 6.15. The van der Waals surface area contributed by atoms with Crippen molar-refractivity contribution in [2.75, 3.05) is 13.1 Å². The Morgan fingerprint density at radius 2 is 1.62 bits per heavy atom. The average Bonchev–Trinajstić information content (AvgIpc) is 2.63. The molecule has 2 aromatic rings. The first-order chi connectivity index (χ1) is 12.3. The molecule has 0 atom stereocenters. The standard InChI is InChI=1S/C21H23NO4/c1-4-22(12-11-19(23)24)21(26)18-8-6-5-7-17(18)20(25)16-10-9-14(2)15(3)13-16/h5-10,13H,4,11-12H2,1-3H3,(H,23,24). The van der Waals surface area contributed by atoms with E-state index in [9.17, 15) is 14.4 Å². The number of carbonyl (C=O) groups excluding carboxylic acids is 2. The van der Waals surface area contributed by atoms with Crippen molar-refractivity contribution in [3.05, 3.63) is 70.3 Å². The minimum Gasteiger partial charge on any atom is -0.481 e. The largest absolute Gasteiger partial charge is 0.481 e. The van der Waals surface area contributed by atoms with Crippen LogP contribution >= 0.6 is 0 Å². The maximum Gasteiger partial charge on any atom is 0.305 e. The predicted molar refractivity (Wildman–Crippen MR) is 99.6 cm³/mol. The Labute approximate surface area is 153 Å². The summed E-state index contributed by atoms with van der Waals surface area (Å²) in [5.74, 6) is -1.51. The fourth-order valence-corrected chi connectivity index (χ4v) is 2.71. The summed E-state index contributed by atoms with van der Waals surface area (Å²) < 4.78 is 0. The van der Waals surface area contributed by atoms with Crippen LogP contribution in [0.4, 0.5) is 0 Å². The van der Waals surface area contributed by atoms with E-state index in [1.807, 2.05) is 26.0 Å². The van der Waals surface area contributed by atoms with Crippen LogP contribution < -0.4 is 0 Å². The van der Waals surface area contributed by atoms with Gasteiger partial charge in [0.25, 0.3) is 5.91 Å². The SMILES string of the molecule is CCN(CCC(=O)O)C(=O)c1ccccc1C(=O)c1ccc(C)c(C)c1. The van der Waals surface area contributed by atoms with Crippen molar-refractivity contribution in [2.24, 2.45) is 0 Å². The first-order valence-corrected chi connectivity index (χ1v) is 8.57. The monoisotopic (exact) mass is 353 g/mol. The lowest BCUT2D eigenvalue weighted by molar-refractivity contribution is -0.137. The van der Waals surface area contributed by atoms with Crippen molar-refractivity contribution in [3.8, 4) is 0 Å². The van der Waals surface area contributed by atoms with Gasteiger partial charge < -0.3 is 10.0 Å². The Morgan fingerprint density at radius 1 is 0.962 bits per heavy atom. The van der Waals surface area contributed by atoms with E-state index in [0.717, 1.165) is 11.1 Å². The van der Waals surface area contributed by atoms with Crippen molar-refractivity contribution in [1.29, 1.82) is 0 Å². The van der Waals surface area contributed by atoms with E-state index in [1.165, 1.54) is 4.90 Å². The second-order valence-corrected chi connectivity index (χ2v) is 6.20. The van der Waals surface area contributed by atoms with Crippen molar-refractivity contribution >= 4 is 17.7 Å². The van der Waals surface area contributed by atoms with Crippen LogP contribution in [0.25, 0.3) is 0 Å². The van der Waals surface area contributed by atoms with Crippen molar-refractivity contribution in [3.63, 3.8) is 0 Å². The second kappa shape index (κ2) is 8.43. The number of nitrogens with zero attached hydrogens (tertiary/aromatic N) is 1. The number of aryl methyl sites for hydroxylation is 2. The Morgan fingerprint density at radius 3 is 2.19 bits per heavy atom. The summed E-state index contributed by atoms with van der Waals surface area (Å²) in [6.07, 6.45) is -0.132. The number of rotatable bonds is 7. The van der Waals surface area contributed by atoms with Crippen LogP contribution in [0, 0.1) is 13.8 Å². The van der Waals surface area contributed by atoms with Gasteiger partial charge in [0.05, 0.1) is 12.0 Å². The lowest BCUT2D eigenvalue weighted by Crippen LogP contribution is -2.33. The van der Waals surface area contributed by atoms with Gasteiger partial charge >= 0.3 is 5.97 Å². The Hall–Kier alpha value is -2.95. The predicted octanol–water partition coefficient (Wildman–Crippen LogP) is 3.47. The number of carboxylic acid groups (broad SMARTS) is 1. The van der Waals surface area contributed by atoms with E-state index in [-0.39, 0.29) is 24.7 Å². The molecule has 0 fully saturated rings. The molecule has 0 saturated heterocycles. The van der Waals surface area contributed by atoms with Gasteiger partial charge in [-0.05, 0) is 44.0 Å². The van der Waals surface area contributed by atoms with Gasteiger partial charge in [-0.2, -0.15) is 0 Å². The lowest BCUT2D eigenvalue weighted by atomic mass is 9.95. The molecule has 0 unspecified atom stereocenters. The van der Waals surface area contributed by atoms with Crippen molar-refractivity contribution in [1.82, 2.24) is 4.90 Å². The molecule has 26 heavy (non-hydrogen) atoms. The fraction of sp³-hybridized carbons (Fsp3) is 0.286. The molecule has 0 radical (unpaired) electrons. The fourth-order valence-electron chi connectivity index (χ4n) is 2.71. The molecule has 0 spiro atoms. The van der Waals surface area contributed by atoms with Gasteiger partial charge in [0.2, 0.25) is 0 Å².